The minimum atomic E-state index is -1.11. The zero-order valence-electron chi connectivity index (χ0n) is 17.5. The quantitative estimate of drug-likeness (QED) is 0.382. The van der Waals surface area contributed by atoms with E-state index in [1.54, 1.807) is 31.4 Å². The Morgan fingerprint density at radius 2 is 1.71 bits per heavy atom. The Kier molecular flexibility index (Phi) is 9.51. The first-order chi connectivity index (χ1) is 14.9. The maximum Gasteiger partial charge on any atom is 0.326 e. The summed E-state index contributed by atoms with van der Waals surface area (Å²) in [4.78, 5) is 35.9. The SMILES string of the molecule is COc1ccc(C(=O)NCCCC[C@@H](NC(=O)[C@@H](N)Cc2ccccc2)C(=O)O)cc1. The largest absolute Gasteiger partial charge is 0.497 e. The first kappa shape index (κ1) is 23.9. The van der Waals surface area contributed by atoms with Crippen molar-refractivity contribution in [3.63, 3.8) is 0 Å². The predicted molar refractivity (Wildman–Crippen MR) is 117 cm³/mol. The number of benzene rings is 2. The number of aliphatic carboxylic acids is 1. The number of amides is 2. The van der Waals surface area contributed by atoms with Crippen molar-refractivity contribution in [2.45, 2.75) is 37.8 Å². The number of carboxylic acid groups (broad SMARTS) is 1. The van der Waals surface area contributed by atoms with Crippen LogP contribution in [0.4, 0.5) is 0 Å². The van der Waals surface area contributed by atoms with E-state index in [1.165, 1.54) is 0 Å². The molecule has 2 aromatic rings. The molecule has 0 aliphatic heterocycles. The third kappa shape index (κ3) is 8.10. The van der Waals surface area contributed by atoms with Gasteiger partial charge in [-0.05, 0) is 55.5 Å². The predicted octanol–water partition coefficient (Wildman–Crippen LogP) is 1.73. The van der Waals surface area contributed by atoms with Gasteiger partial charge in [0.25, 0.3) is 5.91 Å². The monoisotopic (exact) mass is 427 g/mol. The normalized spacial score (nSPS) is 12.5. The number of unbranched alkanes of at least 4 members (excludes halogenated alkanes) is 1. The number of carboxylic acids is 1. The summed E-state index contributed by atoms with van der Waals surface area (Å²) in [6.07, 6.45) is 1.68. The minimum Gasteiger partial charge on any atom is -0.497 e. The van der Waals surface area contributed by atoms with Gasteiger partial charge in [0.2, 0.25) is 5.91 Å². The van der Waals surface area contributed by atoms with Crippen LogP contribution in [0.2, 0.25) is 0 Å². The fourth-order valence-electron chi connectivity index (χ4n) is 3.02. The molecular formula is C23H29N3O5. The Hall–Kier alpha value is -3.39. The number of nitrogens with one attached hydrogen (secondary N) is 2. The fraction of sp³-hybridized carbons (Fsp3) is 0.348. The van der Waals surface area contributed by atoms with Gasteiger partial charge >= 0.3 is 5.97 Å². The van der Waals surface area contributed by atoms with Crippen molar-refractivity contribution in [2.75, 3.05) is 13.7 Å². The fourth-order valence-corrected chi connectivity index (χ4v) is 3.02. The van der Waals surface area contributed by atoms with Crippen molar-refractivity contribution in [1.29, 1.82) is 0 Å². The van der Waals surface area contributed by atoms with Gasteiger partial charge in [0.05, 0.1) is 13.2 Å². The molecule has 0 radical (unpaired) electrons. The molecule has 2 rings (SSSR count). The highest BCUT2D eigenvalue weighted by Crippen LogP contribution is 2.11. The first-order valence-corrected chi connectivity index (χ1v) is 10.2. The van der Waals surface area contributed by atoms with Gasteiger partial charge in [-0.25, -0.2) is 4.79 Å². The number of ether oxygens (including phenoxy) is 1. The van der Waals surface area contributed by atoms with E-state index in [-0.39, 0.29) is 12.3 Å². The van der Waals surface area contributed by atoms with Crippen LogP contribution in [0, 0.1) is 0 Å². The van der Waals surface area contributed by atoms with Crippen molar-refractivity contribution in [1.82, 2.24) is 10.6 Å². The van der Waals surface area contributed by atoms with Crippen LogP contribution in [0.15, 0.2) is 54.6 Å². The van der Waals surface area contributed by atoms with Gasteiger partial charge in [-0.15, -0.1) is 0 Å². The van der Waals surface area contributed by atoms with Gasteiger partial charge < -0.3 is 26.2 Å². The van der Waals surface area contributed by atoms with E-state index in [0.717, 1.165) is 5.56 Å². The number of hydrogen-bond donors (Lipinski definition) is 4. The standard InChI is InChI=1S/C23H29N3O5/c1-31-18-12-10-17(11-13-18)21(27)25-14-6-5-9-20(23(29)30)26-22(28)19(24)15-16-7-3-2-4-8-16/h2-4,7-8,10-13,19-20H,5-6,9,14-15,24H2,1H3,(H,25,27)(H,26,28)(H,29,30)/t19-,20+/m0/s1. The number of rotatable bonds is 12. The number of hydrogen-bond acceptors (Lipinski definition) is 5. The summed E-state index contributed by atoms with van der Waals surface area (Å²) in [5.41, 5.74) is 7.35. The summed E-state index contributed by atoms with van der Waals surface area (Å²) in [7, 11) is 1.55. The Balaban J connectivity index is 1.72. The molecule has 0 spiro atoms. The molecule has 0 aromatic heterocycles. The molecule has 0 fully saturated rings. The summed E-state index contributed by atoms with van der Waals surface area (Å²) in [5.74, 6) is -1.15. The lowest BCUT2D eigenvalue weighted by atomic mass is 10.0. The van der Waals surface area contributed by atoms with E-state index >= 15 is 0 Å². The first-order valence-electron chi connectivity index (χ1n) is 10.2. The summed E-state index contributed by atoms with van der Waals surface area (Å²) < 4.78 is 5.06. The summed E-state index contributed by atoms with van der Waals surface area (Å²) in [5, 5.41) is 14.7. The molecule has 0 heterocycles. The molecule has 0 saturated carbocycles. The molecule has 8 nitrogen and oxygen atoms in total. The highest BCUT2D eigenvalue weighted by molar-refractivity contribution is 5.94. The van der Waals surface area contributed by atoms with E-state index in [4.69, 9.17) is 10.5 Å². The zero-order valence-corrected chi connectivity index (χ0v) is 17.5. The lowest BCUT2D eigenvalue weighted by Crippen LogP contribution is -2.49. The van der Waals surface area contributed by atoms with Crippen LogP contribution >= 0.6 is 0 Å². The van der Waals surface area contributed by atoms with E-state index < -0.39 is 24.0 Å². The van der Waals surface area contributed by atoms with Gasteiger partial charge in [0.15, 0.2) is 0 Å². The van der Waals surface area contributed by atoms with Gasteiger partial charge in [0.1, 0.15) is 11.8 Å². The van der Waals surface area contributed by atoms with Crippen LogP contribution in [-0.2, 0) is 16.0 Å². The molecule has 166 valence electrons. The number of carbonyl (C=O) groups excluding carboxylic acids is 2. The minimum absolute atomic E-state index is 0.211. The van der Waals surface area contributed by atoms with Crippen LogP contribution in [0.1, 0.15) is 35.2 Å². The molecule has 0 unspecified atom stereocenters. The van der Waals surface area contributed by atoms with E-state index in [0.29, 0.717) is 37.1 Å². The summed E-state index contributed by atoms with van der Waals surface area (Å²) in [6.45, 7) is 0.401. The highest BCUT2D eigenvalue weighted by Gasteiger charge is 2.23. The van der Waals surface area contributed by atoms with E-state index in [9.17, 15) is 19.5 Å². The van der Waals surface area contributed by atoms with Crippen molar-refractivity contribution in [3.05, 3.63) is 65.7 Å². The second-order valence-corrected chi connectivity index (χ2v) is 7.18. The second-order valence-electron chi connectivity index (χ2n) is 7.18. The average Bonchev–Trinajstić information content (AvgIpc) is 2.78. The maximum atomic E-state index is 12.3. The second kappa shape index (κ2) is 12.3. The molecule has 2 amide bonds. The van der Waals surface area contributed by atoms with Crippen LogP contribution in [0.25, 0.3) is 0 Å². The number of methoxy groups -OCH3 is 1. The van der Waals surface area contributed by atoms with Crippen molar-refractivity contribution >= 4 is 17.8 Å². The third-order valence-corrected chi connectivity index (χ3v) is 4.81. The average molecular weight is 428 g/mol. The lowest BCUT2D eigenvalue weighted by molar-refractivity contribution is -0.142. The van der Waals surface area contributed by atoms with Crippen LogP contribution in [-0.4, -0.2) is 48.6 Å². The van der Waals surface area contributed by atoms with Crippen LogP contribution < -0.4 is 21.1 Å². The van der Waals surface area contributed by atoms with Gasteiger partial charge in [0, 0.05) is 12.1 Å². The zero-order chi connectivity index (χ0) is 22.6. The van der Waals surface area contributed by atoms with E-state index in [2.05, 4.69) is 10.6 Å². The van der Waals surface area contributed by atoms with E-state index in [1.807, 2.05) is 30.3 Å². The topological polar surface area (TPSA) is 131 Å². The Morgan fingerprint density at radius 1 is 1.03 bits per heavy atom. The molecule has 0 bridgehead atoms. The third-order valence-electron chi connectivity index (χ3n) is 4.81. The number of carbonyl (C=O) groups is 3. The van der Waals surface area contributed by atoms with Crippen molar-refractivity contribution in [2.24, 2.45) is 5.73 Å². The van der Waals surface area contributed by atoms with Gasteiger partial charge in [-0.3, -0.25) is 9.59 Å². The lowest BCUT2D eigenvalue weighted by Gasteiger charge is -2.18. The van der Waals surface area contributed by atoms with Crippen LogP contribution in [0.3, 0.4) is 0 Å². The Morgan fingerprint density at radius 3 is 2.32 bits per heavy atom. The molecule has 8 heteroatoms. The molecule has 2 aromatic carbocycles. The maximum absolute atomic E-state index is 12.3. The molecule has 31 heavy (non-hydrogen) atoms. The Bertz CT molecular complexity index is 855. The van der Waals surface area contributed by atoms with Crippen LogP contribution in [0.5, 0.6) is 5.75 Å². The smallest absolute Gasteiger partial charge is 0.326 e. The number of nitrogens with two attached hydrogens (primary N) is 1. The Labute approximate surface area is 181 Å². The van der Waals surface area contributed by atoms with Gasteiger partial charge in [-0.2, -0.15) is 0 Å². The summed E-state index contributed by atoms with van der Waals surface area (Å²) in [6, 6.07) is 14.2. The molecule has 0 aliphatic rings. The van der Waals surface area contributed by atoms with Crippen molar-refractivity contribution in [3.8, 4) is 5.75 Å². The molecule has 0 aliphatic carbocycles. The molecule has 5 N–H and O–H groups in total. The molecule has 0 saturated heterocycles. The van der Waals surface area contributed by atoms with Crippen molar-refractivity contribution < 1.29 is 24.2 Å². The van der Waals surface area contributed by atoms with Gasteiger partial charge in [-0.1, -0.05) is 30.3 Å². The molecular weight excluding hydrogens is 398 g/mol. The summed E-state index contributed by atoms with van der Waals surface area (Å²) >= 11 is 0. The highest BCUT2D eigenvalue weighted by atomic mass is 16.5. The molecule has 2 atom stereocenters.